The number of hydrazine groups is 1. The molecule has 1 heterocycles. The molecule has 0 saturated carbocycles. The van der Waals surface area contributed by atoms with Crippen LogP contribution in [0.1, 0.15) is 76.2 Å². The van der Waals surface area contributed by atoms with Crippen LogP contribution in [0.15, 0.2) is 0 Å². The fourth-order valence-electron chi connectivity index (χ4n) is 1.31. The van der Waals surface area contributed by atoms with Gasteiger partial charge in [-0.3, -0.25) is 5.43 Å². The molecule has 1 saturated heterocycles. The maximum absolute atomic E-state index is 3.31. The van der Waals surface area contributed by atoms with Gasteiger partial charge in [0.15, 0.2) is 0 Å². The van der Waals surface area contributed by atoms with Gasteiger partial charge < -0.3 is 0 Å². The van der Waals surface area contributed by atoms with Gasteiger partial charge in [-0.2, -0.15) is 0 Å². The van der Waals surface area contributed by atoms with Crippen molar-refractivity contribution in [1.82, 2.24) is 10.4 Å². The summed E-state index contributed by atoms with van der Waals surface area (Å²) in [5.41, 5.74) is 4.27. The Labute approximate surface area is 155 Å². The van der Waals surface area contributed by atoms with E-state index in [1.54, 1.807) is 0 Å². The summed E-state index contributed by atoms with van der Waals surface area (Å²) in [4.78, 5) is 0. The number of nitrogens with one attached hydrogen (secondary N) is 1. The number of nitrogens with zero attached hydrogens (tertiary/aromatic N) is 1. The molecule has 0 aliphatic carbocycles. The summed E-state index contributed by atoms with van der Waals surface area (Å²) < 4.78 is 0. The van der Waals surface area contributed by atoms with Crippen molar-refractivity contribution in [3.05, 3.63) is 0 Å². The minimum absolute atomic E-state index is 0. The second-order valence-electron chi connectivity index (χ2n) is 7.31. The summed E-state index contributed by atoms with van der Waals surface area (Å²) in [5.74, 6) is 0.803. The molecule has 1 rings (SSSR count). The Morgan fingerprint density at radius 2 is 1.15 bits per heavy atom. The van der Waals surface area contributed by atoms with Crippen LogP contribution in [0.25, 0.3) is 0 Å². The molecule has 3 heteroatoms. The summed E-state index contributed by atoms with van der Waals surface area (Å²) in [7, 11) is 2.10. The van der Waals surface area contributed by atoms with Gasteiger partial charge in [0.2, 0.25) is 0 Å². The Kier molecular flexibility index (Phi) is 21.7. The molecule has 1 fully saturated rings. The predicted molar refractivity (Wildman–Crippen MR) is 91.4 cm³/mol. The third-order valence-electron chi connectivity index (χ3n) is 2.33. The molecular formula is C17H42N2Y. The fraction of sp³-hybridized carbons (Fsp3) is 1.00. The van der Waals surface area contributed by atoms with Crippen molar-refractivity contribution in [2.24, 2.45) is 16.7 Å². The van der Waals surface area contributed by atoms with Crippen LogP contribution in [0, 0.1) is 16.7 Å². The van der Waals surface area contributed by atoms with E-state index in [4.69, 9.17) is 0 Å². The monoisotopic (exact) mass is 363 g/mol. The summed E-state index contributed by atoms with van der Waals surface area (Å²) in [6.07, 6.45) is 0. The smallest absolute Gasteiger partial charge is 0.0173 e. The van der Waals surface area contributed by atoms with Gasteiger partial charge in [0.05, 0.1) is 0 Å². The predicted octanol–water partition coefficient (Wildman–Crippen LogP) is 5.20. The molecule has 2 nitrogen and oxygen atoms in total. The third-order valence-corrected chi connectivity index (χ3v) is 2.33. The van der Waals surface area contributed by atoms with Crippen molar-refractivity contribution in [1.29, 1.82) is 0 Å². The van der Waals surface area contributed by atoms with Crippen LogP contribution in [-0.2, 0) is 32.7 Å². The van der Waals surface area contributed by atoms with Gasteiger partial charge in [0.1, 0.15) is 0 Å². The van der Waals surface area contributed by atoms with Crippen molar-refractivity contribution in [2.45, 2.75) is 76.2 Å². The summed E-state index contributed by atoms with van der Waals surface area (Å²) in [5, 5.41) is 2.18. The van der Waals surface area contributed by atoms with Crippen LogP contribution in [0.4, 0.5) is 0 Å². The first-order chi connectivity index (χ1) is 8.50. The van der Waals surface area contributed by atoms with E-state index in [0.717, 1.165) is 12.5 Å². The van der Waals surface area contributed by atoms with Gasteiger partial charge in [-0.15, -0.1) is 0 Å². The zero-order valence-electron chi connectivity index (χ0n) is 16.5. The molecular weight excluding hydrogens is 321 g/mol. The molecule has 1 atom stereocenters. The molecule has 123 valence electrons. The number of hydrogen-bond donors (Lipinski definition) is 1. The van der Waals surface area contributed by atoms with Crippen LogP contribution in [-0.4, -0.2) is 25.1 Å². The van der Waals surface area contributed by atoms with Crippen LogP contribution < -0.4 is 5.43 Å². The normalized spacial score (nSPS) is 18.3. The van der Waals surface area contributed by atoms with E-state index in [1.807, 2.05) is 27.7 Å². The minimum Gasteiger partial charge on any atom is -0.255 e. The molecule has 1 aliphatic heterocycles. The third kappa shape index (κ3) is 24.1. The van der Waals surface area contributed by atoms with Crippen molar-refractivity contribution in [3.8, 4) is 0 Å². The van der Waals surface area contributed by atoms with E-state index >= 15 is 0 Å². The van der Waals surface area contributed by atoms with Crippen molar-refractivity contribution < 1.29 is 32.7 Å². The Hall–Kier alpha value is 1.02. The molecule has 0 aromatic carbocycles. The van der Waals surface area contributed by atoms with Gasteiger partial charge in [0.25, 0.3) is 0 Å². The molecule has 20 heavy (non-hydrogen) atoms. The first-order valence-corrected chi connectivity index (χ1v) is 7.95. The molecule has 1 N–H and O–H groups in total. The van der Waals surface area contributed by atoms with Crippen LogP contribution in [0.2, 0.25) is 0 Å². The number of hydrogen-bond acceptors (Lipinski definition) is 2. The SMILES string of the molecule is CC.CC.CC(C)(C)C.CN1CC(C(C)(C)C)CN1.[Y]. The topological polar surface area (TPSA) is 15.3 Å². The zero-order valence-corrected chi connectivity index (χ0v) is 19.4. The van der Waals surface area contributed by atoms with E-state index in [1.165, 1.54) is 6.54 Å². The van der Waals surface area contributed by atoms with Gasteiger partial charge in [-0.05, 0) is 16.7 Å². The Morgan fingerprint density at radius 1 is 0.850 bits per heavy atom. The van der Waals surface area contributed by atoms with Crippen molar-refractivity contribution in [3.63, 3.8) is 0 Å². The molecule has 1 aliphatic rings. The molecule has 1 radical (unpaired) electrons. The largest absolute Gasteiger partial charge is 0.255 e. The molecule has 1 unspecified atom stereocenters. The summed E-state index contributed by atoms with van der Waals surface area (Å²) in [6, 6.07) is 0. The van der Waals surface area contributed by atoms with E-state index < -0.39 is 0 Å². The van der Waals surface area contributed by atoms with Gasteiger partial charge in [-0.25, -0.2) is 5.01 Å². The molecule has 0 aromatic heterocycles. The second kappa shape index (κ2) is 14.9. The van der Waals surface area contributed by atoms with Crippen LogP contribution >= 0.6 is 0 Å². The fourth-order valence-corrected chi connectivity index (χ4v) is 1.31. The maximum Gasteiger partial charge on any atom is 0.0173 e. The first kappa shape index (κ1) is 29.1. The first-order valence-electron chi connectivity index (χ1n) is 7.95. The van der Waals surface area contributed by atoms with Gasteiger partial charge in [0, 0.05) is 52.8 Å². The minimum atomic E-state index is 0. The van der Waals surface area contributed by atoms with Crippen LogP contribution in [0.3, 0.4) is 0 Å². The average molecular weight is 363 g/mol. The summed E-state index contributed by atoms with van der Waals surface area (Å²) in [6.45, 7) is 26.0. The van der Waals surface area contributed by atoms with E-state index in [9.17, 15) is 0 Å². The van der Waals surface area contributed by atoms with E-state index in [2.05, 4.69) is 65.9 Å². The molecule has 0 aromatic rings. The van der Waals surface area contributed by atoms with E-state index in [-0.39, 0.29) is 32.7 Å². The average Bonchev–Trinajstić information content (AvgIpc) is 2.68. The number of rotatable bonds is 0. The molecule has 0 amide bonds. The van der Waals surface area contributed by atoms with Crippen molar-refractivity contribution >= 4 is 0 Å². The van der Waals surface area contributed by atoms with Gasteiger partial charge in [-0.1, -0.05) is 76.2 Å². The van der Waals surface area contributed by atoms with E-state index in [0.29, 0.717) is 10.8 Å². The van der Waals surface area contributed by atoms with Crippen molar-refractivity contribution in [2.75, 3.05) is 20.1 Å². The Balaban J connectivity index is -0.000000110. The van der Waals surface area contributed by atoms with Crippen LogP contribution in [0.5, 0.6) is 0 Å². The zero-order chi connectivity index (χ0) is 16.3. The van der Waals surface area contributed by atoms with Gasteiger partial charge >= 0.3 is 0 Å². The standard InChI is InChI=1S/C8H18N2.C5H12.2C2H6.Y/c1-8(2,3)7-5-9-10(4)6-7;1-5(2,3)4;2*1-2;/h7,9H,5-6H2,1-4H3;1-4H3;2*1-2H3;. The Bertz CT molecular complexity index is 174. The molecule has 0 bridgehead atoms. The maximum atomic E-state index is 3.31. The molecule has 0 spiro atoms. The summed E-state index contributed by atoms with van der Waals surface area (Å²) >= 11 is 0. The Morgan fingerprint density at radius 3 is 1.25 bits per heavy atom. The second-order valence-corrected chi connectivity index (χ2v) is 7.31. The quantitative estimate of drug-likeness (QED) is 0.636.